The maximum atomic E-state index is 5.86. The molecular formula is C10H10ClN3. The van der Waals surface area contributed by atoms with Gasteiger partial charge in [-0.05, 0) is 17.7 Å². The first-order valence-electron chi connectivity index (χ1n) is 4.28. The Bertz CT molecular complexity index is 436. The minimum atomic E-state index is 0.585. The molecule has 3 nitrogen and oxygen atoms in total. The molecule has 0 spiro atoms. The molecule has 0 aliphatic carbocycles. The van der Waals surface area contributed by atoms with Crippen molar-refractivity contribution >= 4 is 17.4 Å². The highest BCUT2D eigenvalue weighted by atomic mass is 35.5. The van der Waals surface area contributed by atoms with Crippen molar-refractivity contribution in [1.29, 1.82) is 0 Å². The minimum absolute atomic E-state index is 0.585. The standard InChI is InChI=1S/C10H10ClN3/c11-8-3-1-2-7(4-8)5-9-6-10(12)14-13-9/h1-4,6H,5H2,(H3,12,13,14). The van der Waals surface area contributed by atoms with Crippen LogP contribution >= 0.6 is 11.6 Å². The highest BCUT2D eigenvalue weighted by Crippen LogP contribution is 2.14. The second-order valence-electron chi connectivity index (χ2n) is 3.12. The fraction of sp³-hybridized carbons (Fsp3) is 0.100. The lowest BCUT2D eigenvalue weighted by molar-refractivity contribution is 1.000. The summed E-state index contributed by atoms with van der Waals surface area (Å²) in [4.78, 5) is 0. The smallest absolute Gasteiger partial charge is 0.119 e. The maximum Gasteiger partial charge on any atom is 0.119 e. The monoisotopic (exact) mass is 207 g/mol. The summed E-state index contributed by atoms with van der Waals surface area (Å²) in [6.45, 7) is 0. The molecule has 14 heavy (non-hydrogen) atoms. The Morgan fingerprint density at radius 1 is 1.36 bits per heavy atom. The summed E-state index contributed by atoms with van der Waals surface area (Å²) in [5.74, 6) is 0.585. The van der Waals surface area contributed by atoms with Gasteiger partial charge in [-0.1, -0.05) is 23.7 Å². The molecule has 0 aliphatic heterocycles. The second-order valence-corrected chi connectivity index (χ2v) is 3.56. The molecule has 0 unspecified atom stereocenters. The average molecular weight is 208 g/mol. The van der Waals surface area contributed by atoms with Crippen molar-refractivity contribution < 1.29 is 0 Å². The lowest BCUT2D eigenvalue weighted by Crippen LogP contribution is -1.87. The van der Waals surface area contributed by atoms with Crippen LogP contribution in [0.1, 0.15) is 11.3 Å². The highest BCUT2D eigenvalue weighted by Gasteiger charge is 2.00. The van der Waals surface area contributed by atoms with Gasteiger partial charge in [-0.3, -0.25) is 5.10 Å². The number of halogens is 1. The molecule has 4 heteroatoms. The third-order valence-corrected chi connectivity index (χ3v) is 2.16. The summed E-state index contributed by atoms with van der Waals surface area (Å²) in [6.07, 6.45) is 0.744. The van der Waals surface area contributed by atoms with Gasteiger partial charge in [0.05, 0.1) is 5.69 Å². The Morgan fingerprint density at radius 3 is 2.86 bits per heavy atom. The van der Waals surface area contributed by atoms with E-state index in [1.165, 1.54) is 0 Å². The molecule has 1 aromatic heterocycles. The number of hydrogen-bond donors (Lipinski definition) is 2. The number of nitrogens with two attached hydrogens (primary N) is 1. The molecule has 0 fully saturated rings. The Hall–Kier alpha value is -1.48. The Labute approximate surface area is 86.9 Å². The third kappa shape index (κ3) is 2.06. The van der Waals surface area contributed by atoms with Crippen molar-refractivity contribution in [1.82, 2.24) is 10.2 Å². The first-order chi connectivity index (χ1) is 6.74. The van der Waals surface area contributed by atoms with Gasteiger partial charge in [0.25, 0.3) is 0 Å². The van der Waals surface area contributed by atoms with Crippen molar-refractivity contribution in [3.8, 4) is 0 Å². The number of nitrogens with one attached hydrogen (secondary N) is 1. The molecule has 0 aliphatic rings. The SMILES string of the molecule is Nc1cc(Cc2cccc(Cl)c2)n[nH]1. The van der Waals surface area contributed by atoms with E-state index in [-0.39, 0.29) is 0 Å². The predicted octanol–water partition coefficient (Wildman–Crippen LogP) is 2.24. The van der Waals surface area contributed by atoms with Gasteiger partial charge in [-0.25, -0.2) is 0 Å². The van der Waals surface area contributed by atoms with Crippen LogP contribution in [0.25, 0.3) is 0 Å². The predicted molar refractivity (Wildman–Crippen MR) is 57.3 cm³/mol. The molecule has 2 rings (SSSR count). The Kier molecular flexibility index (Phi) is 2.41. The first-order valence-corrected chi connectivity index (χ1v) is 4.66. The number of benzene rings is 1. The van der Waals surface area contributed by atoms with E-state index in [2.05, 4.69) is 10.2 Å². The van der Waals surface area contributed by atoms with Crippen LogP contribution in [0.2, 0.25) is 5.02 Å². The summed E-state index contributed by atoms with van der Waals surface area (Å²) in [5, 5.41) is 7.49. The molecule has 0 amide bonds. The summed E-state index contributed by atoms with van der Waals surface area (Å²) < 4.78 is 0. The van der Waals surface area contributed by atoms with Crippen molar-refractivity contribution in [2.45, 2.75) is 6.42 Å². The van der Waals surface area contributed by atoms with E-state index in [1.807, 2.05) is 30.3 Å². The number of hydrogen-bond acceptors (Lipinski definition) is 2. The fourth-order valence-electron chi connectivity index (χ4n) is 1.33. The second kappa shape index (κ2) is 3.72. The van der Waals surface area contributed by atoms with E-state index in [1.54, 1.807) is 0 Å². The van der Waals surface area contributed by atoms with Crippen LogP contribution in [-0.4, -0.2) is 10.2 Å². The van der Waals surface area contributed by atoms with Crippen molar-refractivity contribution in [2.75, 3.05) is 5.73 Å². The van der Waals surface area contributed by atoms with E-state index >= 15 is 0 Å². The summed E-state index contributed by atoms with van der Waals surface area (Å²) in [5.41, 5.74) is 7.57. The maximum absolute atomic E-state index is 5.86. The van der Waals surface area contributed by atoms with Gasteiger partial charge in [0.15, 0.2) is 0 Å². The molecule has 72 valence electrons. The van der Waals surface area contributed by atoms with E-state index in [0.29, 0.717) is 5.82 Å². The third-order valence-electron chi connectivity index (χ3n) is 1.92. The van der Waals surface area contributed by atoms with Crippen LogP contribution in [0.4, 0.5) is 5.82 Å². The quantitative estimate of drug-likeness (QED) is 0.794. The molecule has 0 saturated heterocycles. The van der Waals surface area contributed by atoms with Gasteiger partial charge >= 0.3 is 0 Å². The van der Waals surface area contributed by atoms with Gasteiger partial charge in [-0.15, -0.1) is 0 Å². The molecule has 2 aromatic rings. The normalized spacial score (nSPS) is 10.4. The van der Waals surface area contributed by atoms with Crippen molar-refractivity contribution in [2.24, 2.45) is 0 Å². The molecule has 0 radical (unpaired) electrons. The summed E-state index contributed by atoms with van der Waals surface area (Å²) in [6, 6.07) is 9.53. The lowest BCUT2D eigenvalue weighted by Gasteiger charge is -1.97. The molecular weight excluding hydrogens is 198 g/mol. The highest BCUT2D eigenvalue weighted by molar-refractivity contribution is 6.30. The first kappa shape index (κ1) is 9.09. The molecule has 3 N–H and O–H groups in total. The van der Waals surface area contributed by atoms with E-state index in [4.69, 9.17) is 17.3 Å². The van der Waals surface area contributed by atoms with Crippen LogP contribution in [0.5, 0.6) is 0 Å². The zero-order valence-electron chi connectivity index (χ0n) is 7.50. The molecule has 1 heterocycles. The van der Waals surface area contributed by atoms with Gasteiger partial charge < -0.3 is 5.73 Å². The van der Waals surface area contributed by atoms with Crippen LogP contribution in [0.3, 0.4) is 0 Å². The molecule has 0 atom stereocenters. The fourth-order valence-corrected chi connectivity index (χ4v) is 1.54. The average Bonchev–Trinajstić information content (AvgIpc) is 2.51. The van der Waals surface area contributed by atoms with Crippen molar-refractivity contribution in [3.63, 3.8) is 0 Å². The topological polar surface area (TPSA) is 54.7 Å². The number of H-pyrrole nitrogens is 1. The number of nitrogens with zero attached hydrogens (tertiary/aromatic N) is 1. The van der Waals surface area contributed by atoms with Crippen molar-refractivity contribution in [3.05, 3.63) is 46.6 Å². The zero-order valence-corrected chi connectivity index (χ0v) is 8.25. The summed E-state index contributed by atoms with van der Waals surface area (Å²) in [7, 11) is 0. The van der Waals surface area contributed by atoms with Gasteiger partial charge in [0.2, 0.25) is 0 Å². The van der Waals surface area contributed by atoms with E-state index in [9.17, 15) is 0 Å². The number of aromatic amines is 1. The van der Waals surface area contributed by atoms with Crippen LogP contribution in [0.15, 0.2) is 30.3 Å². The number of aromatic nitrogens is 2. The number of nitrogen functional groups attached to an aromatic ring is 1. The van der Waals surface area contributed by atoms with E-state index in [0.717, 1.165) is 22.7 Å². The Morgan fingerprint density at radius 2 is 2.21 bits per heavy atom. The molecule has 0 bridgehead atoms. The Balaban J connectivity index is 2.18. The summed E-state index contributed by atoms with van der Waals surface area (Å²) >= 11 is 5.86. The van der Waals surface area contributed by atoms with Gasteiger partial charge in [0, 0.05) is 17.5 Å². The van der Waals surface area contributed by atoms with Gasteiger partial charge in [-0.2, -0.15) is 5.10 Å². The van der Waals surface area contributed by atoms with Gasteiger partial charge in [0.1, 0.15) is 5.82 Å². The van der Waals surface area contributed by atoms with Crippen LogP contribution in [0, 0.1) is 0 Å². The largest absolute Gasteiger partial charge is 0.384 e. The molecule has 0 saturated carbocycles. The van der Waals surface area contributed by atoms with Crippen LogP contribution in [-0.2, 0) is 6.42 Å². The molecule has 1 aromatic carbocycles. The lowest BCUT2D eigenvalue weighted by atomic mass is 10.1. The van der Waals surface area contributed by atoms with E-state index < -0.39 is 0 Å². The van der Waals surface area contributed by atoms with Crippen LogP contribution < -0.4 is 5.73 Å². The minimum Gasteiger partial charge on any atom is -0.384 e. The number of rotatable bonds is 2. The number of anilines is 1. The zero-order chi connectivity index (χ0) is 9.97.